The summed E-state index contributed by atoms with van der Waals surface area (Å²) in [5, 5.41) is 2.54. The van der Waals surface area contributed by atoms with Gasteiger partial charge in [-0.05, 0) is 41.3 Å². The van der Waals surface area contributed by atoms with Crippen molar-refractivity contribution in [2.45, 2.75) is 11.3 Å². The molecule has 2 aromatic heterocycles. The molecule has 0 amide bonds. The van der Waals surface area contributed by atoms with E-state index in [1.165, 1.54) is 13.2 Å². The van der Waals surface area contributed by atoms with Gasteiger partial charge >= 0.3 is 5.97 Å². The molecule has 4 aromatic rings. The van der Waals surface area contributed by atoms with E-state index in [4.69, 9.17) is 0 Å². The molecular weight excluding hydrogens is 428 g/mol. The van der Waals surface area contributed by atoms with Gasteiger partial charge in [-0.25, -0.2) is 18.2 Å². The Morgan fingerprint density at radius 1 is 1.10 bits per heavy atom. The Bertz CT molecular complexity index is 1240. The molecule has 0 radical (unpaired) electrons. The SMILES string of the molecule is COC(=O)c1sccc1S(=O)(=O)Nc1ccc(Cc2nc3ccccc3s2)cc1. The van der Waals surface area contributed by atoms with E-state index < -0.39 is 16.0 Å². The van der Waals surface area contributed by atoms with E-state index >= 15 is 0 Å². The Morgan fingerprint density at radius 2 is 1.86 bits per heavy atom. The molecule has 0 saturated carbocycles. The molecule has 148 valence electrons. The van der Waals surface area contributed by atoms with E-state index in [0.29, 0.717) is 12.1 Å². The molecule has 9 heteroatoms. The predicted octanol–water partition coefficient (Wildman–Crippen LogP) is 4.54. The van der Waals surface area contributed by atoms with Gasteiger partial charge in [0.15, 0.2) is 0 Å². The van der Waals surface area contributed by atoms with Crippen LogP contribution in [0.15, 0.2) is 64.9 Å². The average Bonchev–Trinajstić information content (AvgIpc) is 3.35. The van der Waals surface area contributed by atoms with E-state index in [1.807, 2.05) is 36.4 Å². The highest BCUT2D eigenvalue weighted by molar-refractivity contribution is 7.93. The van der Waals surface area contributed by atoms with Crippen molar-refractivity contribution in [3.63, 3.8) is 0 Å². The van der Waals surface area contributed by atoms with Gasteiger partial charge < -0.3 is 4.74 Å². The third kappa shape index (κ3) is 4.16. The lowest BCUT2D eigenvalue weighted by Crippen LogP contribution is -2.15. The number of carbonyl (C=O) groups excluding carboxylic acids is 1. The highest BCUT2D eigenvalue weighted by Gasteiger charge is 2.24. The number of methoxy groups -OCH3 is 1. The number of thiophene rings is 1. The van der Waals surface area contributed by atoms with Crippen molar-refractivity contribution in [3.05, 3.63) is 75.4 Å². The lowest BCUT2D eigenvalue weighted by Gasteiger charge is -2.09. The van der Waals surface area contributed by atoms with Crippen LogP contribution in [0.25, 0.3) is 10.2 Å². The molecule has 0 bridgehead atoms. The number of para-hydroxylation sites is 1. The monoisotopic (exact) mass is 444 g/mol. The van der Waals surface area contributed by atoms with Crippen LogP contribution in [-0.4, -0.2) is 26.5 Å². The first-order valence-corrected chi connectivity index (χ1v) is 11.8. The summed E-state index contributed by atoms with van der Waals surface area (Å²) < 4.78 is 33.6. The normalized spacial score (nSPS) is 11.5. The van der Waals surface area contributed by atoms with Crippen LogP contribution in [0.2, 0.25) is 0 Å². The Balaban J connectivity index is 1.50. The summed E-state index contributed by atoms with van der Waals surface area (Å²) in [6.45, 7) is 0. The molecule has 0 unspecified atom stereocenters. The van der Waals surface area contributed by atoms with Gasteiger partial charge in [0.1, 0.15) is 9.77 Å². The fourth-order valence-corrected chi connectivity index (χ4v) is 6.22. The fourth-order valence-electron chi connectivity index (χ4n) is 2.82. The highest BCUT2D eigenvalue weighted by atomic mass is 32.2. The fraction of sp³-hybridized carbons (Fsp3) is 0.100. The van der Waals surface area contributed by atoms with Crippen LogP contribution in [0, 0.1) is 0 Å². The van der Waals surface area contributed by atoms with Crippen molar-refractivity contribution in [1.82, 2.24) is 4.98 Å². The number of esters is 1. The van der Waals surface area contributed by atoms with Crippen LogP contribution in [0.3, 0.4) is 0 Å². The van der Waals surface area contributed by atoms with Gasteiger partial charge in [-0.1, -0.05) is 24.3 Å². The summed E-state index contributed by atoms with van der Waals surface area (Å²) in [4.78, 5) is 16.3. The molecule has 1 N–H and O–H groups in total. The number of anilines is 1. The molecule has 0 saturated heterocycles. The van der Waals surface area contributed by atoms with Gasteiger partial charge in [0, 0.05) is 12.1 Å². The number of nitrogens with one attached hydrogen (secondary N) is 1. The zero-order valence-corrected chi connectivity index (χ0v) is 17.7. The Hall–Kier alpha value is -2.75. The number of thiazole rings is 1. The van der Waals surface area contributed by atoms with Crippen LogP contribution in [0.4, 0.5) is 5.69 Å². The van der Waals surface area contributed by atoms with Gasteiger partial charge in [-0.15, -0.1) is 22.7 Å². The minimum absolute atomic E-state index is 0.0486. The molecule has 0 spiro atoms. The standard InChI is InChI=1S/C20H16N2O4S3/c1-26-20(23)19-17(10-11-27-19)29(24,25)22-14-8-6-13(7-9-14)12-18-21-15-4-2-3-5-16(15)28-18/h2-11,22H,12H2,1H3. The van der Waals surface area contributed by atoms with E-state index in [2.05, 4.69) is 14.4 Å². The third-order valence-electron chi connectivity index (χ3n) is 4.19. The molecule has 0 fully saturated rings. The van der Waals surface area contributed by atoms with Crippen molar-refractivity contribution in [3.8, 4) is 0 Å². The maximum absolute atomic E-state index is 12.7. The van der Waals surface area contributed by atoms with Crippen LogP contribution in [-0.2, 0) is 21.2 Å². The van der Waals surface area contributed by atoms with E-state index in [1.54, 1.807) is 28.8 Å². The van der Waals surface area contributed by atoms with Gasteiger partial charge in [0.2, 0.25) is 0 Å². The summed E-state index contributed by atoms with van der Waals surface area (Å²) in [7, 11) is -2.68. The summed E-state index contributed by atoms with van der Waals surface area (Å²) in [5.41, 5.74) is 2.42. The maximum atomic E-state index is 12.7. The first kappa shape index (κ1) is 19.6. The van der Waals surface area contributed by atoms with Crippen molar-refractivity contribution in [1.29, 1.82) is 0 Å². The van der Waals surface area contributed by atoms with Crippen molar-refractivity contribution >= 4 is 54.6 Å². The van der Waals surface area contributed by atoms with E-state index in [-0.39, 0.29) is 9.77 Å². The van der Waals surface area contributed by atoms with Crippen molar-refractivity contribution < 1.29 is 17.9 Å². The third-order valence-corrected chi connectivity index (χ3v) is 7.67. The molecular formula is C20H16N2O4S3. The van der Waals surface area contributed by atoms with Crippen LogP contribution in [0.1, 0.15) is 20.2 Å². The maximum Gasteiger partial charge on any atom is 0.349 e. The van der Waals surface area contributed by atoms with Gasteiger partial charge in [0.25, 0.3) is 10.0 Å². The lowest BCUT2D eigenvalue weighted by molar-refractivity contribution is 0.0602. The molecule has 4 rings (SSSR count). The molecule has 2 heterocycles. The van der Waals surface area contributed by atoms with Gasteiger partial charge in [-0.2, -0.15) is 0 Å². The van der Waals surface area contributed by atoms with Crippen LogP contribution in [0.5, 0.6) is 0 Å². The minimum atomic E-state index is -3.90. The van der Waals surface area contributed by atoms with Gasteiger partial charge in [0.05, 0.1) is 22.3 Å². The smallest absolute Gasteiger partial charge is 0.349 e. The number of rotatable bonds is 6. The second-order valence-electron chi connectivity index (χ2n) is 6.16. The number of aromatic nitrogens is 1. The summed E-state index contributed by atoms with van der Waals surface area (Å²) >= 11 is 2.67. The first-order valence-electron chi connectivity index (χ1n) is 8.58. The zero-order chi connectivity index (χ0) is 20.4. The highest BCUT2D eigenvalue weighted by Crippen LogP contribution is 2.26. The Kier molecular flexibility index (Phi) is 5.35. The Labute approximate surface area is 175 Å². The molecule has 2 aromatic carbocycles. The molecule has 0 aliphatic rings. The molecule has 0 aliphatic carbocycles. The van der Waals surface area contributed by atoms with E-state index in [9.17, 15) is 13.2 Å². The molecule has 29 heavy (non-hydrogen) atoms. The average molecular weight is 445 g/mol. The number of ether oxygens (including phenoxy) is 1. The predicted molar refractivity (Wildman–Crippen MR) is 115 cm³/mol. The van der Waals surface area contributed by atoms with E-state index in [0.717, 1.165) is 32.1 Å². The largest absolute Gasteiger partial charge is 0.465 e. The second kappa shape index (κ2) is 7.94. The van der Waals surface area contributed by atoms with Crippen LogP contribution >= 0.6 is 22.7 Å². The van der Waals surface area contributed by atoms with Gasteiger partial charge in [-0.3, -0.25) is 4.72 Å². The van der Waals surface area contributed by atoms with Crippen molar-refractivity contribution in [2.75, 3.05) is 11.8 Å². The number of hydrogen-bond acceptors (Lipinski definition) is 7. The lowest BCUT2D eigenvalue weighted by atomic mass is 10.1. The number of carbonyl (C=O) groups is 1. The number of benzene rings is 2. The molecule has 0 aliphatic heterocycles. The summed E-state index contributed by atoms with van der Waals surface area (Å²) in [6.07, 6.45) is 0.670. The topological polar surface area (TPSA) is 85.4 Å². The quantitative estimate of drug-likeness (QED) is 0.442. The number of nitrogens with zero attached hydrogens (tertiary/aromatic N) is 1. The zero-order valence-electron chi connectivity index (χ0n) is 15.3. The second-order valence-corrected chi connectivity index (χ2v) is 9.84. The minimum Gasteiger partial charge on any atom is -0.465 e. The van der Waals surface area contributed by atoms with Crippen molar-refractivity contribution in [2.24, 2.45) is 0 Å². The summed E-state index contributed by atoms with van der Waals surface area (Å²) in [6, 6.07) is 16.5. The number of hydrogen-bond donors (Lipinski definition) is 1. The Morgan fingerprint density at radius 3 is 2.59 bits per heavy atom. The number of fused-ring (bicyclic) bond motifs is 1. The van der Waals surface area contributed by atoms with Crippen LogP contribution < -0.4 is 4.72 Å². The molecule has 6 nitrogen and oxygen atoms in total. The number of sulfonamides is 1. The first-order chi connectivity index (χ1) is 14.0. The summed E-state index contributed by atoms with van der Waals surface area (Å²) in [5.74, 6) is -0.674. The molecule has 0 atom stereocenters.